The molecule has 1 aromatic carbocycles. The van der Waals surface area contributed by atoms with Crippen LogP contribution < -0.4 is 10.6 Å². The molecule has 0 bridgehead atoms. The van der Waals surface area contributed by atoms with Crippen molar-refractivity contribution in [2.24, 2.45) is 0 Å². The summed E-state index contributed by atoms with van der Waals surface area (Å²) >= 11 is 19.2. The van der Waals surface area contributed by atoms with Gasteiger partial charge in [0.25, 0.3) is 22.0 Å². The number of carbonyl (C=O) groups excluding carboxylic acids is 2. The standard InChI is InChI=1S/C21H20Cl3N5O5S2/c1-28(2)36(33,34)29(3)9-11-10-35-19(17(11)24)21(32)27-18-14(6-13(23)7-15(18)30)20(31)26-16-5-4-12(22)8-25-16/h4-8,10,30H,9H2,1-3H3,(H,27,32)(H,25,26,31). The molecule has 10 nitrogen and oxygen atoms in total. The van der Waals surface area contributed by atoms with Gasteiger partial charge in [-0.05, 0) is 29.1 Å². The number of amides is 2. The van der Waals surface area contributed by atoms with Gasteiger partial charge in [-0.25, -0.2) is 4.98 Å². The van der Waals surface area contributed by atoms with Crippen molar-refractivity contribution in [1.82, 2.24) is 13.6 Å². The number of rotatable bonds is 8. The second kappa shape index (κ2) is 11.3. The summed E-state index contributed by atoms with van der Waals surface area (Å²) in [5.41, 5.74) is 0.0795. The number of nitrogens with zero attached hydrogens (tertiary/aromatic N) is 3. The Morgan fingerprint density at radius 2 is 1.75 bits per heavy atom. The maximum absolute atomic E-state index is 13.0. The van der Waals surface area contributed by atoms with Crippen LogP contribution in [0.1, 0.15) is 25.6 Å². The zero-order chi connectivity index (χ0) is 26.8. The molecule has 192 valence electrons. The molecule has 0 radical (unpaired) electrons. The number of thiophene rings is 1. The fourth-order valence-corrected chi connectivity index (χ4v) is 5.37. The van der Waals surface area contributed by atoms with Gasteiger partial charge in [0.1, 0.15) is 16.4 Å². The number of anilines is 2. The molecule has 0 saturated carbocycles. The predicted octanol–water partition coefficient (Wildman–Crippen LogP) is 4.55. The van der Waals surface area contributed by atoms with Crippen LogP contribution in [0, 0.1) is 0 Å². The van der Waals surface area contributed by atoms with E-state index in [1.807, 2.05) is 0 Å². The summed E-state index contributed by atoms with van der Waals surface area (Å²) in [6.07, 6.45) is 1.34. The highest BCUT2D eigenvalue weighted by molar-refractivity contribution is 7.86. The molecule has 0 aliphatic carbocycles. The number of carbonyl (C=O) groups is 2. The second-order valence-corrected chi connectivity index (χ2v) is 11.9. The molecule has 3 N–H and O–H groups in total. The molecule has 0 atom stereocenters. The van der Waals surface area contributed by atoms with Crippen LogP contribution in [0.5, 0.6) is 5.75 Å². The minimum Gasteiger partial charge on any atom is -0.506 e. The topological polar surface area (TPSA) is 132 Å². The summed E-state index contributed by atoms with van der Waals surface area (Å²) in [6, 6.07) is 5.44. The van der Waals surface area contributed by atoms with Crippen molar-refractivity contribution in [3.8, 4) is 5.75 Å². The molecule has 0 aliphatic rings. The third-order valence-electron chi connectivity index (χ3n) is 4.79. The van der Waals surface area contributed by atoms with Crippen LogP contribution in [-0.4, -0.2) is 60.1 Å². The SMILES string of the molecule is CN(C)S(=O)(=O)N(C)Cc1csc(C(=O)Nc2c(O)cc(Cl)cc2C(=O)Nc2ccc(Cl)cn2)c1Cl. The molecule has 15 heteroatoms. The molecular formula is C21H20Cl3N5O5S2. The Morgan fingerprint density at radius 1 is 1.06 bits per heavy atom. The highest BCUT2D eigenvalue weighted by Gasteiger charge is 2.26. The Bertz CT molecular complexity index is 1410. The lowest BCUT2D eigenvalue weighted by molar-refractivity contribution is 0.102. The van der Waals surface area contributed by atoms with Gasteiger partial charge < -0.3 is 15.7 Å². The third kappa shape index (κ3) is 6.27. The number of benzene rings is 1. The zero-order valence-corrected chi connectivity index (χ0v) is 22.9. The monoisotopic (exact) mass is 591 g/mol. The largest absolute Gasteiger partial charge is 0.506 e. The van der Waals surface area contributed by atoms with Crippen LogP contribution in [0.4, 0.5) is 11.5 Å². The Kier molecular flexibility index (Phi) is 8.83. The van der Waals surface area contributed by atoms with Crippen molar-refractivity contribution in [3.05, 3.63) is 66.9 Å². The molecule has 2 heterocycles. The first kappa shape index (κ1) is 28.1. The first-order valence-corrected chi connectivity index (χ1v) is 13.4. The summed E-state index contributed by atoms with van der Waals surface area (Å²) in [4.78, 5) is 29.9. The van der Waals surface area contributed by atoms with E-state index in [1.165, 1.54) is 45.5 Å². The van der Waals surface area contributed by atoms with E-state index in [0.29, 0.717) is 10.6 Å². The van der Waals surface area contributed by atoms with Crippen molar-refractivity contribution in [1.29, 1.82) is 0 Å². The van der Waals surface area contributed by atoms with Crippen molar-refractivity contribution in [2.45, 2.75) is 6.54 Å². The van der Waals surface area contributed by atoms with Crippen LogP contribution >= 0.6 is 46.1 Å². The highest BCUT2D eigenvalue weighted by Crippen LogP contribution is 2.35. The predicted molar refractivity (Wildman–Crippen MR) is 142 cm³/mol. The van der Waals surface area contributed by atoms with Gasteiger partial charge in [0.2, 0.25) is 0 Å². The number of phenolic OH excluding ortho intramolecular Hbond substituents is 1. The van der Waals surface area contributed by atoms with E-state index < -0.39 is 27.8 Å². The van der Waals surface area contributed by atoms with Crippen LogP contribution in [0.25, 0.3) is 0 Å². The van der Waals surface area contributed by atoms with Gasteiger partial charge in [-0.2, -0.15) is 17.0 Å². The molecule has 0 saturated heterocycles. The lowest BCUT2D eigenvalue weighted by atomic mass is 10.1. The summed E-state index contributed by atoms with van der Waals surface area (Å²) < 4.78 is 26.7. The Labute approximate surface area is 226 Å². The van der Waals surface area contributed by atoms with E-state index in [2.05, 4.69) is 15.6 Å². The van der Waals surface area contributed by atoms with Gasteiger partial charge in [0, 0.05) is 45.0 Å². The molecule has 3 aromatic rings. The first-order chi connectivity index (χ1) is 16.8. The van der Waals surface area contributed by atoms with Crippen LogP contribution in [0.3, 0.4) is 0 Å². The summed E-state index contributed by atoms with van der Waals surface area (Å²) in [5.74, 6) is -1.68. The Hall–Kier alpha value is -2.45. The van der Waals surface area contributed by atoms with Gasteiger partial charge in [-0.15, -0.1) is 11.3 Å². The molecule has 0 unspecified atom stereocenters. The van der Waals surface area contributed by atoms with Crippen LogP contribution in [0.15, 0.2) is 35.8 Å². The highest BCUT2D eigenvalue weighted by atomic mass is 35.5. The first-order valence-electron chi connectivity index (χ1n) is 9.97. The lowest BCUT2D eigenvalue weighted by Crippen LogP contribution is -2.36. The number of aromatic nitrogens is 1. The van der Waals surface area contributed by atoms with Gasteiger partial charge in [-0.3, -0.25) is 9.59 Å². The van der Waals surface area contributed by atoms with E-state index in [9.17, 15) is 23.1 Å². The molecule has 36 heavy (non-hydrogen) atoms. The Balaban J connectivity index is 1.86. The van der Waals surface area contributed by atoms with Crippen molar-refractivity contribution >= 4 is 79.7 Å². The maximum atomic E-state index is 13.0. The minimum absolute atomic E-state index is 0.0446. The molecule has 0 fully saturated rings. The van der Waals surface area contributed by atoms with E-state index in [4.69, 9.17) is 34.8 Å². The number of hydrogen-bond acceptors (Lipinski definition) is 7. The normalized spacial score (nSPS) is 11.7. The van der Waals surface area contributed by atoms with Crippen LogP contribution in [0.2, 0.25) is 15.1 Å². The van der Waals surface area contributed by atoms with E-state index in [-0.39, 0.29) is 38.5 Å². The number of halogens is 3. The van der Waals surface area contributed by atoms with Gasteiger partial charge >= 0.3 is 0 Å². The van der Waals surface area contributed by atoms with Crippen molar-refractivity contribution < 1.29 is 23.1 Å². The quantitative estimate of drug-likeness (QED) is 0.329. The Morgan fingerprint density at radius 3 is 2.36 bits per heavy atom. The molecule has 2 aromatic heterocycles. The summed E-state index contributed by atoms with van der Waals surface area (Å²) in [7, 11) is 0.485. The second-order valence-electron chi connectivity index (χ2n) is 7.57. The van der Waals surface area contributed by atoms with Crippen LogP contribution in [-0.2, 0) is 16.8 Å². The number of pyridine rings is 1. The number of hydrogen-bond donors (Lipinski definition) is 3. The van der Waals surface area contributed by atoms with Gasteiger partial charge in [0.15, 0.2) is 0 Å². The zero-order valence-electron chi connectivity index (χ0n) is 19.0. The molecular weight excluding hydrogens is 573 g/mol. The third-order valence-corrected chi connectivity index (χ3v) is 8.64. The van der Waals surface area contributed by atoms with E-state index >= 15 is 0 Å². The number of aromatic hydroxyl groups is 1. The van der Waals surface area contributed by atoms with Gasteiger partial charge in [0.05, 0.1) is 21.3 Å². The minimum atomic E-state index is -3.69. The van der Waals surface area contributed by atoms with Crippen molar-refractivity contribution in [3.63, 3.8) is 0 Å². The number of phenols is 1. The van der Waals surface area contributed by atoms with E-state index in [1.54, 1.807) is 5.38 Å². The van der Waals surface area contributed by atoms with Crippen molar-refractivity contribution in [2.75, 3.05) is 31.8 Å². The summed E-state index contributed by atoms with van der Waals surface area (Å²) in [5, 5.41) is 17.5. The smallest absolute Gasteiger partial charge is 0.281 e. The van der Waals surface area contributed by atoms with E-state index in [0.717, 1.165) is 26.0 Å². The molecule has 3 rings (SSSR count). The molecule has 2 amide bonds. The average Bonchev–Trinajstić information content (AvgIpc) is 3.16. The number of nitrogens with one attached hydrogen (secondary N) is 2. The fraction of sp³-hybridized carbons (Fsp3) is 0.190. The molecule has 0 spiro atoms. The summed E-state index contributed by atoms with van der Waals surface area (Å²) in [6.45, 7) is -0.0724. The lowest BCUT2D eigenvalue weighted by Gasteiger charge is -2.21. The average molecular weight is 593 g/mol. The maximum Gasteiger partial charge on any atom is 0.281 e. The fourth-order valence-electron chi connectivity index (χ4n) is 2.95. The molecule has 0 aliphatic heterocycles. The van der Waals surface area contributed by atoms with Gasteiger partial charge in [-0.1, -0.05) is 34.8 Å².